The molecule has 0 bridgehead atoms. The Bertz CT molecular complexity index is 361. The fraction of sp³-hybridized carbons (Fsp3) is 0.600. The van der Waals surface area contributed by atoms with Gasteiger partial charge >= 0.3 is 5.97 Å². The van der Waals surface area contributed by atoms with Gasteiger partial charge in [-0.1, -0.05) is 0 Å². The molecule has 1 unspecified atom stereocenters. The Hall–Kier alpha value is -1.52. The van der Waals surface area contributed by atoms with Crippen LogP contribution in [0.2, 0.25) is 0 Å². The lowest BCUT2D eigenvalue weighted by molar-refractivity contribution is -0.137. The topological polar surface area (TPSA) is 58.4 Å². The van der Waals surface area contributed by atoms with Gasteiger partial charge in [0, 0.05) is 32.0 Å². The van der Waals surface area contributed by atoms with Crippen molar-refractivity contribution in [2.24, 2.45) is 7.05 Å². The Kier molecular flexibility index (Phi) is 2.62. The van der Waals surface area contributed by atoms with Gasteiger partial charge in [-0.15, -0.1) is 0 Å². The highest BCUT2D eigenvalue weighted by Gasteiger charge is 2.28. The Morgan fingerprint density at radius 2 is 2.53 bits per heavy atom. The summed E-state index contributed by atoms with van der Waals surface area (Å²) in [5, 5.41) is 8.80. The fourth-order valence-corrected chi connectivity index (χ4v) is 2.15. The smallest absolute Gasteiger partial charge is 0.305 e. The zero-order valence-corrected chi connectivity index (χ0v) is 8.76. The Morgan fingerprint density at radius 3 is 3.13 bits per heavy atom. The molecule has 5 heteroatoms. The molecule has 0 aliphatic carbocycles. The molecule has 15 heavy (non-hydrogen) atoms. The molecule has 0 spiro atoms. The molecule has 82 valence electrons. The molecule has 1 fully saturated rings. The predicted octanol–water partition coefficient (Wildman–Crippen LogP) is 0.864. The third kappa shape index (κ3) is 1.95. The van der Waals surface area contributed by atoms with E-state index in [1.165, 1.54) is 0 Å². The van der Waals surface area contributed by atoms with E-state index in [1.807, 2.05) is 17.8 Å². The van der Waals surface area contributed by atoms with Gasteiger partial charge in [-0.2, -0.15) is 0 Å². The summed E-state index contributed by atoms with van der Waals surface area (Å²) in [6, 6.07) is 0.101. The van der Waals surface area contributed by atoms with Gasteiger partial charge < -0.3 is 14.6 Å². The lowest BCUT2D eigenvalue weighted by atomic mass is 10.1. The summed E-state index contributed by atoms with van der Waals surface area (Å²) in [6.07, 6.45) is 5.81. The van der Waals surface area contributed by atoms with Crippen LogP contribution in [-0.4, -0.2) is 33.2 Å². The number of carbonyl (C=O) groups is 1. The maximum Gasteiger partial charge on any atom is 0.305 e. The number of imidazole rings is 1. The summed E-state index contributed by atoms with van der Waals surface area (Å²) in [5.41, 5.74) is 0. The second-order valence-electron chi connectivity index (χ2n) is 3.93. The van der Waals surface area contributed by atoms with E-state index in [1.54, 1.807) is 6.20 Å². The van der Waals surface area contributed by atoms with Crippen molar-refractivity contribution in [1.29, 1.82) is 0 Å². The maximum absolute atomic E-state index is 10.7. The number of carboxylic acid groups (broad SMARTS) is 1. The summed E-state index contributed by atoms with van der Waals surface area (Å²) in [4.78, 5) is 17.0. The van der Waals surface area contributed by atoms with Crippen molar-refractivity contribution in [3.05, 3.63) is 12.4 Å². The molecular weight excluding hydrogens is 194 g/mol. The zero-order chi connectivity index (χ0) is 10.8. The zero-order valence-electron chi connectivity index (χ0n) is 8.76. The van der Waals surface area contributed by atoms with E-state index in [-0.39, 0.29) is 12.5 Å². The van der Waals surface area contributed by atoms with Crippen LogP contribution in [0.25, 0.3) is 0 Å². The van der Waals surface area contributed by atoms with Crippen LogP contribution in [0.4, 0.5) is 5.95 Å². The van der Waals surface area contributed by atoms with Crippen molar-refractivity contribution in [1.82, 2.24) is 9.55 Å². The van der Waals surface area contributed by atoms with E-state index in [0.29, 0.717) is 0 Å². The van der Waals surface area contributed by atoms with Crippen LogP contribution in [0.5, 0.6) is 0 Å². The minimum Gasteiger partial charge on any atom is -0.481 e. The Balaban J connectivity index is 2.14. The van der Waals surface area contributed by atoms with Crippen molar-refractivity contribution in [3.8, 4) is 0 Å². The van der Waals surface area contributed by atoms with Gasteiger partial charge in [0.1, 0.15) is 0 Å². The molecule has 5 nitrogen and oxygen atoms in total. The second-order valence-corrected chi connectivity index (χ2v) is 3.93. The summed E-state index contributed by atoms with van der Waals surface area (Å²) in [5.74, 6) is 0.139. The van der Waals surface area contributed by atoms with Crippen LogP contribution in [0.15, 0.2) is 12.4 Å². The highest BCUT2D eigenvalue weighted by molar-refractivity contribution is 5.68. The number of hydrogen-bond donors (Lipinski definition) is 1. The molecule has 1 N–H and O–H groups in total. The molecule has 2 rings (SSSR count). The molecule has 0 aromatic carbocycles. The monoisotopic (exact) mass is 209 g/mol. The molecule has 0 radical (unpaired) electrons. The van der Waals surface area contributed by atoms with Crippen LogP contribution < -0.4 is 4.90 Å². The lowest BCUT2D eigenvalue weighted by Crippen LogP contribution is -2.33. The Labute approximate surface area is 88.3 Å². The normalized spacial score (nSPS) is 20.9. The maximum atomic E-state index is 10.7. The van der Waals surface area contributed by atoms with E-state index in [4.69, 9.17) is 5.11 Å². The number of hydrogen-bond acceptors (Lipinski definition) is 3. The molecule has 0 saturated carbocycles. The van der Waals surface area contributed by atoms with Gasteiger partial charge in [0.2, 0.25) is 5.95 Å². The largest absolute Gasteiger partial charge is 0.481 e. The number of carboxylic acids is 1. The molecule has 1 aliphatic rings. The van der Waals surface area contributed by atoms with Gasteiger partial charge in [0.05, 0.1) is 6.42 Å². The van der Waals surface area contributed by atoms with Gasteiger partial charge in [-0.05, 0) is 12.8 Å². The van der Waals surface area contributed by atoms with Crippen molar-refractivity contribution < 1.29 is 9.90 Å². The van der Waals surface area contributed by atoms with Gasteiger partial charge in [0.25, 0.3) is 0 Å². The van der Waals surface area contributed by atoms with E-state index in [9.17, 15) is 4.79 Å². The summed E-state index contributed by atoms with van der Waals surface area (Å²) in [6.45, 7) is 0.906. The van der Waals surface area contributed by atoms with Crippen LogP contribution in [0.3, 0.4) is 0 Å². The van der Waals surface area contributed by atoms with Crippen LogP contribution >= 0.6 is 0 Å². The minimum absolute atomic E-state index is 0.101. The average Bonchev–Trinajstić information content (AvgIpc) is 2.73. The standard InChI is InChI=1S/C10H15N3O2/c1-12-6-4-11-10(12)13-5-2-3-8(13)7-9(14)15/h4,6,8H,2-3,5,7H2,1H3,(H,14,15). The number of aliphatic carboxylic acids is 1. The molecule has 0 amide bonds. The molecule has 1 atom stereocenters. The van der Waals surface area contributed by atoms with Crippen molar-refractivity contribution in [3.63, 3.8) is 0 Å². The molecule has 1 aromatic heterocycles. The average molecular weight is 209 g/mol. The number of rotatable bonds is 3. The highest BCUT2D eigenvalue weighted by atomic mass is 16.4. The van der Waals surface area contributed by atoms with E-state index < -0.39 is 5.97 Å². The van der Waals surface area contributed by atoms with Gasteiger partial charge in [-0.3, -0.25) is 4.79 Å². The summed E-state index contributed by atoms with van der Waals surface area (Å²) >= 11 is 0. The van der Waals surface area contributed by atoms with Crippen LogP contribution in [-0.2, 0) is 11.8 Å². The third-order valence-corrected chi connectivity index (χ3v) is 2.84. The van der Waals surface area contributed by atoms with Crippen molar-refractivity contribution in [2.75, 3.05) is 11.4 Å². The van der Waals surface area contributed by atoms with Crippen LogP contribution in [0.1, 0.15) is 19.3 Å². The minimum atomic E-state index is -0.735. The van der Waals surface area contributed by atoms with Crippen LogP contribution in [0, 0.1) is 0 Å². The van der Waals surface area contributed by atoms with E-state index in [2.05, 4.69) is 9.88 Å². The number of aryl methyl sites for hydroxylation is 1. The molecular formula is C10H15N3O2. The molecule has 1 saturated heterocycles. The first-order valence-corrected chi connectivity index (χ1v) is 5.14. The second kappa shape index (κ2) is 3.92. The first kappa shape index (κ1) is 10.0. The predicted molar refractivity (Wildman–Crippen MR) is 55.8 cm³/mol. The van der Waals surface area contributed by atoms with E-state index in [0.717, 1.165) is 25.3 Å². The molecule has 1 aromatic rings. The lowest BCUT2D eigenvalue weighted by Gasteiger charge is -2.24. The quantitative estimate of drug-likeness (QED) is 0.802. The highest BCUT2D eigenvalue weighted by Crippen LogP contribution is 2.25. The van der Waals surface area contributed by atoms with Gasteiger partial charge in [0.15, 0.2) is 0 Å². The van der Waals surface area contributed by atoms with Crippen molar-refractivity contribution in [2.45, 2.75) is 25.3 Å². The number of anilines is 1. The summed E-state index contributed by atoms with van der Waals surface area (Å²) < 4.78 is 1.93. The molecule has 2 heterocycles. The van der Waals surface area contributed by atoms with E-state index >= 15 is 0 Å². The number of aromatic nitrogens is 2. The fourth-order valence-electron chi connectivity index (χ4n) is 2.15. The first-order valence-electron chi connectivity index (χ1n) is 5.14. The first-order chi connectivity index (χ1) is 7.18. The number of nitrogens with zero attached hydrogens (tertiary/aromatic N) is 3. The van der Waals surface area contributed by atoms with Crippen molar-refractivity contribution >= 4 is 11.9 Å². The Morgan fingerprint density at radius 1 is 1.73 bits per heavy atom. The third-order valence-electron chi connectivity index (χ3n) is 2.84. The summed E-state index contributed by atoms with van der Waals surface area (Å²) in [7, 11) is 1.93. The van der Waals surface area contributed by atoms with Gasteiger partial charge in [-0.25, -0.2) is 4.98 Å². The SMILES string of the molecule is Cn1ccnc1N1CCCC1CC(=O)O. The molecule has 1 aliphatic heterocycles.